The Morgan fingerprint density at radius 2 is 1.74 bits per heavy atom. The number of hydrogen-bond donors (Lipinski definition) is 1. The third-order valence-corrected chi connectivity index (χ3v) is 6.57. The van der Waals surface area contributed by atoms with Crippen LogP contribution in [0.2, 0.25) is 0 Å². The van der Waals surface area contributed by atoms with Gasteiger partial charge in [-0.25, -0.2) is 8.42 Å². The third-order valence-electron chi connectivity index (χ3n) is 5.43. The van der Waals surface area contributed by atoms with Crippen molar-refractivity contribution in [2.24, 2.45) is 0 Å². The van der Waals surface area contributed by atoms with Crippen molar-refractivity contribution in [2.75, 3.05) is 43.4 Å². The van der Waals surface area contributed by atoms with Gasteiger partial charge in [0.15, 0.2) is 6.10 Å². The summed E-state index contributed by atoms with van der Waals surface area (Å²) in [6.45, 7) is 4.59. The molecule has 1 saturated heterocycles. The van der Waals surface area contributed by atoms with Crippen LogP contribution in [-0.2, 0) is 32.6 Å². The first-order valence-corrected chi connectivity index (χ1v) is 12.1. The molecule has 166 valence electrons. The minimum Gasteiger partial charge on any atom is -0.476 e. The van der Waals surface area contributed by atoms with E-state index >= 15 is 0 Å². The highest BCUT2D eigenvalue weighted by molar-refractivity contribution is 7.92. The highest BCUT2D eigenvalue weighted by atomic mass is 32.2. The second-order valence-corrected chi connectivity index (χ2v) is 9.70. The van der Waals surface area contributed by atoms with Gasteiger partial charge in [0.25, 0.3) is 5.91 Å². The van der Waals surface area contributed by atoms with Gasteiger partial charge in [0.05, 0.1) is 31.7 Å². The quantitative estimate of drug-likeness (QED) is 0.723. The lowest BCUT2D eigenvalue weighted by molar-refractivity contribution is -0.127. The lowest BCUT2D eigenvalue weighted by atomic mass is 10.1. The molecule has 0 aromatic heterocycles. The van der Waals surface area contributed by atoms with Crippen LogP contribution in [0.3, 0.4) is 0 Å². The van der Waals surface area contributed by atoms with E-state index in [9.17, 15) is 13.2 Å². The van der Waals surface area contributed by atoms with E-state index < -0.39 is 16.1 Å². The SMILES string of the molecule is CS(=O)(=O)N1C[C@H](C(=O)NCc2ccc(CN3CCOCC3)cc2)Oc2ccccc21. The van der Waals surface area contributed by atoms with E-state index in [1.165, 1.54) is 9.87 Å². The number of amides is 1. The number of carbonyl (C=O) groups is 1. The third kappa shape index (κ3) is 5.36. The highest BCUT2D eigenvalue weighted by Crippen LogP contribution is 2.34. The van der Waals surface area contributed by atoms with E-state index in [1.54, 1.807) is 24.3 Å². The predicted molar refractivity (Wildman–Crippen MR) is 117 cm³/mol. The lowest BCUT2D eigenvalue weighted by Gasteiger charge is -2.33. The normalized spacial score (nSPS) is 19.4. The average Bonchev–Trinajstić information content (AvgIpc) is 2.77. The summed E-state index contributed by atoms with van der Waals surface area (Å²) < 4.78 is 36.8. The maximum atomic E-state index is 12.7. The van der Waals surface area contributed by atoms with Gasteiger partial charge in [-0.3, -0.25) is 14.0 Å². The Kier molecular flexibility index (Phi) is 6.45. The van der Waals surface area contributed by atoms with Crippen LogP contribution < -0.4 is 14.4 Å². The van der Waals surface area contributed by atoms with E-state index in [-0.39, 0.29) is 12.5 Å². The van der Waals surface area contributed by atoms with Crippen molar-refractivity contribution in [3.05, 3.63) is 59.7 Å². The van der Waals surface area contributed by atoms with E-state index in [0.717, 1.165) is 44.7 Å². The molecule has 31 heavy (non-hydrogen) atoms. The fourth-order valence-electron chi connectivity index (χ4n) is 3.74. The maximum Gasteiger partial charge on any atom is 0.263 e. The van der Waals surface area contributed by atoms with Crippen LogP contribution >= 0.6 is 0 Å². The molecule has 2 aliphatic heterocycles. The smallest absolute Gasteiger partial charge is 0.263 e. The first-order valence-electron chi connectivity index (χ1n) is 10.3. The number of para-hydroxylation sites is 2. The monoisotopic (exact) mass is 445 g/mol. The van der Waals surface area contributed by atoms with Gasteiger partial charge in [-0.1, -0.05) is 36.4 Å². The minimum absolute atomic E-state index is 0.0554. The molecule has 1 N–H and O–H groups in total. The molecule has 0 saturated carbocycles. The molecular formula is C22H27N3O5S. The van der Waals surface area contributed by atoms with E-state index in [4.69, 9.17) is 9.47 Å². The summed E-state index contributed by atoms with van der Waals surface area (Å²) in [4.78, 5) is 15.1. The van der Waals surface area contributed by atoms with E-state index in [0.29, 0.717) is 18.0 Å². The fourth-order valence-corrected chi connectivity index (χ4v) is 4.65. The molecule has 0 bridgehead atoms. The summed E-state index contributed by atoms with van der Waals surface area (Å²) in [5, 5.41) is 2.86. The molecule has 1 fully saturated rings. The zero-order chi connectivity index (χ0) is 21.8. The number of fused-ring (bicyclic) bond motifs is 1. The van der Waals surface area contributed by atoms with Gasteiger partial charge in [0.2, 0.25) is 10.0 Å². The zero-order valence-corrected chi connectivity index (χ0v) is 18.3. The Morgan fingerprint density at radius 3 is 2.45 bits per heavy atom. The van der Waals surface area contributed by atoms with Crippen LogP contribution in [-0.4, -0.2) is 64.4 Å². The number of nitrogens with one attached hydrogen (secondary N) is 1. The molecule has 2 aromatic carbocycles. The van der Waals surface area contributed by atoms with Crippen molar-refractivity contribution in [3.63, 3.8) is 0 Å². The van der Waals surface area contributed by atoms with Crippen LogP contribution in [0.1, 0.15) is 11.1 Å². The molecule has 0 radical (unpaired) electrons. The Hall–Kier alpha value is -2.62. The topological polar surface area (TPSA) is 88.2 Å². The molecule has 0 unspecified atom stereocenters. The van der Waals surface area contributed by atoms with E-state index in [2.05, 4.69) is 22.3 Å². The minimum atomic E-state index is -3.53. The number of nitrogens with zero attached hydrogens (tertiary/aromatic N) is 2. The van der Waals surface area contributed by atoms with Gasteiger partial charge < -0.3 is 14.8 Å². The molecular weight excluding hydrogens is 418 g/mol. The van der Waals surface area contributed by atoms with Gasteiger partial charge in [0, 0.05) is 26.2 Å². The summed E-state index contributed by atoms with van der Waals surface area (Å²) in [6.07, 6.45) is 0.216. The summed E-state index contributed by atoms with van der Waals surface area (Å²) in [5.74, 6) is 0.0346. The van der Waals surface area contributed by atoms with Crippen LogP contribution in [0, 0.1) is 0 Å². The number of carbonyl (C=O) groups excluding carboxylic acids is 1. The maximum absolute atomic E-state index is 12.7. The number of rotatable bonds is 6. The number of hydrogen-bond acceptors (Lipinski definition) is 6. The Morgan fingerprint density at radius 1 is 1.06 bits per heavy atom. The molecule has 2 heterocycles. The summed E-state index contributed by atoms with van der Waals surface area (Å²) in [7, 11) is -3.53. The van der Waals surface area contributed by atoms with E-state index in [1.807, 2.05) is 12.1 Å². The Bertz CT molecular complexity index is 1020. The zero-order valence-electron chi connectivity index (χ0n) is 17.5. The van der Waals surface area contributed by atoms with Gasteiger partial charge >= 0.3 is 0 Å². The molecule has 1 amide bonds. The molecule has 9 heteroatoms. The molecule has 2 aromatic rings. The molecule has 8 nitrogen and oxygen atoms in total. The van der Waals surface area contributed by atoms with Crippen LogP contribution in [0.15, 0.2) is 48.5 Å². The van der Waals surface area contributed by atoms with Gasteiger partial charge in [-0.2, -0.15) is 0 Å². The predicted octanol–water partition coefficient (Wildman–Crippen LogP) is 1.36. The number of anilines is 1. The number of benzene rings is 2. The highest BCUT2D eigenvalue weighted by Gasteiger charge is 2.34. The summed E-state index contributed by atoms with van der Waals surface area (Å²) >= 11 is 0. The van der Waals surface area contributed by atoms with Gasteiger partial charge in [-0.15, -0.1) is 0 Å². The second-order valence-electron chi connectivity index (χ2n) is 7.79. The van der Waals surface area contributed by atoms with Crippen LogP contribution in [0.5, 0.6) is 5.75 Å². The number of morpholine rings is 1. The molecule has 4 rings (SSSR count). The van der Waals surface area contributed by atoms with Crippen molar-refractivity contribution in [1.29, 1.82) is 0 Å². The summed E-state index contributed by atoms with van der Waals surface area (Å²) in [5.41, 5.74) is 2.63. The number of sulfonamides is 1. The van der Waals surface area contributed by atoms with Crippen molar-refractivity contribution in [2.45, 2.75) is 19.2 Å². The Labute approximate surface area is 182 Å². The fraction of sp³-hybridized carbons (Fsp3) is 0.409. The first-order chi connectivity index (χ1) is 14.9. The second kappa shape index (κ2) is 9.25. The molecule has 2 aliphatic rings. The van der Waals surface area contributed by atoms with Crippen molar-refractivity contribution in [1.82, 2.24) is 10.2 Å². The van der Waals surface area contributed by atoms with Crippen molar-refractivity contribution < 1.29 is 22.7 Å². The molecule has 0 aliphatic carbocycles. The number of ether oxygens (including phenoxy) is 2. The van der Waals surface area contributed by atoms with Gasteiger partial charge in [0.1, 0.15) is 5.75 Å². The average molecular weight is 446 g/mol. The van der Waals surface area contributed by atoms with Gasteiger partial charge in [-0.05, 0) is 23.3 Å². The largest absolute Gasteiger partial charge is 0.476 e. The van der Waals surface area contributed by atoms with Crippen LogP contribution in [0.25, 0.3) is 0 Å². The summed E-state index contributed by atoms with van der Waals surface area (Å²) in [6, 6.07) is 14.9. The van der Waals surface area contributed by atoms with Crippen molar-refractivity contribution >= 4 is 21.6 Å². The van der Waals surface area contributed by atoms with Crippen molar-refractivity contribution in [3.8, 4) is 5.75 Å². The molecule has 0 spiro atoms. The van der Waals surface area contributed by atoms with Crippen LogP contribution in [0.4, 0.5) is 5.69 Å². The first kappa shape index (κ1) is 21.6. The molecule has 1 atom stereocenters. The Balaban J connectivity index is 1.35. The lowest BCUT2D eigenvalue weighted by Crippen LogP contribution is -2.50. The standard InChI is InChI=1S/C22H27N3O5S/c1-31(27,28)25-16-21(30-20-5-3-2-4-19(20)25)22(26)23-14-17-6-8-18(9-7-17)15-24-10-12-29-13-11-24/h2-9,21H,10-16H2,1H3,(H,23,26)/t21-/m1/s1.